The zero-order valence-electron chi connectivity index (χ0n) is 11.2. The topological polar surface area (TPSA) is 47.3 Å². The number of aliphatic hydroxyl groups is 1. The number of nitrogens with zero attached hydrogens (tertiary/aromatic N) is 2. The SMILES string of the molecule is CCn1ncc(OC)c1C(O)C1C2CCCCC21. The molecule has 2 saturated carbocycles. The normalized spacial score (nSPS) is 31.8. The molecule has 0 saturated heterocycles. The maximum Gasteiger partial charge on any atom is 0.162 e. The molecule has 1 aromatic rings. The Balaban J connectivity index is 1.84. The monoisotopic (exact) mass is 250 g/mol. The Bertz CT molecular complexity index is 396. The van der Waals surface area contributed by atoms with Crippen molar-refractivity contribution in [2.24, 2.45) is 17.8 Å². The van der Waals surface area contributed by atoms with Gasteiger partial charge >= 0.3 is 0 Å². The molecule has 4 nitrogen and oxygen atoms in total. The van der Waals surface area contributed by atoms with Gasteiger partial charge in [0.2, 0.25) is 0 Å². The molecule has 1 aromatic heterocycles. The molecule has 0 spiro atoms. The van der Waals surface area contributed by atoms with E-state index in [2.05, 4.69) is 5.10 Å². The Morgan fingerprint density at radius 1 is 1.44 bits per heavy atom. The highest BCUT2D eigenvalue weighted by Crippen LogP contribution is 2.60. The van der Waals surface area contributed by atoms with Crippen molar-refractivity contribution in [2.75, 3.05) is 7.11 Å². The summed E-state index contributed by atoms with van der Waals surface area (Å²) in [5, 5.41) is 14.9. The molecule has 0 bridgehead atoms. The highest BCUT2D eigenvalue weighted by molar-refractivity contribution is 5.29. The van der Waals surface area contributed by atoms with E-state index >= 15 is 0 Å². The van der Waals surface area contributed by atoms with Crippen molar-refractivity contribution in [3.8, 4) is 5.75 Å². The Morgan fingerprint density at radius 2 is 2.11 bits per heavy atom. The van der Waals surface area contributed by atoms with Gasteiger partial charge in [-0.2, -0.15) is 5.10 Å². The van der Waals surface area contributed by atoms with E-state index in [4.69, 9.17) is 4.74 Å². The second-order valence-electron chi connectivity index (χ2n) is 5.55. The third-order valence-electron chi connectivity index (χ3n) is 4.73. The van der Waals surface area contributed by atoms with E-state index in [-0.39, 0.29) is 0 Å². The number of rotatable bonds is 4. The smallest absolute Gasteiger partial charge is 0.162 e. The molecule has 3 atom stereocenters. The molecule has 1 N–H and O–H groups in total. The minimum Gasteiger partial charge on any atom is -0.493 e. The first-order valence-electron chi connectivity index (χ1n) is 7.05. The van der Waals surface area contributed by atoms with Crippen LogP contribution in [0.4, 0.5) is 0 Å². The van der Waals surface area contributed by atoms with Gasteiger partial charge in [-0.05, 0) is 37.5 Å². The summed E-state index contributed by atoms with van der Waals surface area (Å²) in [7, 11) is 1.65. The summed E-state index contributed by atoms with van der Waals surface area (Å²) >= 11 is 0. The molecule has 2 aliphatic carbocycles. The number of ether oxygens (including phenoxy) is 1. The number of hydrogen-bond acceptors (Lipinski definition) is 3. The predicted molar refractivity (Wildman–Crippen MR) is 68.4 cm³/mol. The third kappa shape index (κ3) is 1.74. The van der Waals surface area contributed by atoms with Crippen LogP contribution in [0, 0.1) is 17.8 Å². The van der Waals surface area contributed by atoms with Crippen molar-refractivity contribution < 1.29 is 9.84 Å². The summed E-state index contributed by atoms with van der Waals surface area (Å²) in [6.45, 7) is 2.82. The van der Waals surface area contributed by atoms with Gasteiger partial charge in [-0.3, -0.25) is 4.68 Å². The van der Waals surface area contributed by atoms with Gasteiger partial charge in [-0.1, -0.05) is 12.8 Å². The van der Waals surface area contributed by atoms with Crippen molar-refractivity contribution in [3.05, 3.63) is 11.9 Å². The zero-order valence-corrected chi connectivity index (χ0v) is 11.2. The van der Waals surface area contributed by atoms with Gasteiger partial charge in [0.1, 0.15) is 11.8 Å². The van der Waals surface area contributed by atoms with Gasteiger partial charge in [0.25, 0.3) is 0 Å². The van der Waals surface area contributed by atoms with Gasteiger partial charge in [0.15, 0.2) is 5.75 Å². The van der Waals surface area contributed by atoms with Crippen LogP contribution in [0.15, 0.2) is 6.20 Å². The second kappa shape index (κ2) is 4.57. The summed E-state index contributed by atoms with van der Waals surface area (Å²) < 4.78 is 7.21. The van der Waals surface area contributed by atoms with Crippen molar-refractivity contribution in [1.29, 1.82) is 0 Å². The van der Waals surface area contributed by atoms with Crippen LogP contribution in [-0.2, 0) is 6.54 Å². The number of aryl methyl sites for hydroxylation is 1. The fourth-order valence-corrected chi connectivity index (χ4v) is 3.78. The fourth-order valence-electron chi connectivity index (χ4n) is 3.78. The van der Waals surface area contributed by atoms with Crippen LogP contribution >= 0.6 is 0 Å². The van der Waals surface area contributed by atoms with Crippen LogP contribution in [0.3, 0.4) is 0 Å². The third-order valence-corrected chi connectivity index (χ3v) is 4.73. The van der Waals surface area contributed by atoms with Gasteiger partial charge in [-0.15, -0.1) is 0 Å². The quantitative estimate of drug-likeness (QED) is 0.892. The van der Waals surface area contributed by atoms with Crippen LogP contribution in [0.5, 0.6) is 5.75 Å². The Labute approximate surface area is 108 Å². The van der Waals surface area contributed by atoms with E-state index in [0.29, 0.717) is 5.92 Å². The lowest BCUT2D eigenvalue weighted by atomic mass is 10.0. The predicted octanol–water partition coefficient (Wildman–Crippen LogP) is 2.38. The highest BCUT2D eigenvalue weighted by atomic mass is 16.5. The number of hydrogen-bond donors (Lipinski definition) is 1. The average molecular weight is 250 g/mol. The lowest BCUT2D eigenvalue weighted by Gasteiger charge is -2.14. The molecule has 2 fully saturated rings. The average Bonchev–Trinajstić information content (AvgIpc) is 2.98. The maximum atomic E-state index is 10.7. The van der Waals surface area contributed by atoms with Gasteiger partial charge < -0.3 is 9.84 Å². The molecule has 18 heavy (non-hydrogen) atoms. The summed E-state index contributed by atoms with van der Waals surface area (Å²) in [6, 6.07) is 0. The first-order valence-corrected chi connectivity index (χ1v) is 7.05. The first-order chi connectivity index (χ1) is 8.77. The van der Waals surface area contributed by atoms with E-state index in [0.717, 1.165) is 29.8 Å². The molecule has 2 aliphatic rings. The van der Waals surface area contributed by atoms with Crippen molar-refractivity contribution >= 4 is 0 Å². The molecular formula is C14H22N2O2. The molecule has 3 rings (SSSR count). The lowest BCUT2D eigenvalue weighted by molar-refractivity contribution is 0.128. The summed E-state index contributed by atoms with van der Waals surface area (Å²) in [6.07, 6.45) is 6.54. The molecule has 0 amide bonds. The summed E-state index contributed by atoms with van der Waals surface area (Å²) in [4.78, 5) is 0. The van der Waals surface area contributed by atoms with E-state index in [1.807, 2.05) is 11.6 Å². The standard InChI is InChI=1S/C14H22N2O2/c1-3-16-13(11(18-2)8-15-16)14(17)12-9-6-4-5-7-10(9)12/h8-10,12,14,17H,3-7H2,1-2H3. The van der Waals surface area contributed by atoms with E-state index < -0.39 is 6.10 Å². The molecule has 100 valence electrons. The molecule has 1 heterocycles. The number of aliphatic hydroxyl groups excluding tert-OH is 1. The molecular weight excluding hydrogens is 228 g/mol. The van der Waals surface area contributed by atoms with E-state index in [1.165, 1.54) is 25.7 Å². The Morgan fingerprint density at radius 3 is 2.67 bits per heavy atom. The van der Waals surface area contributed by atoms with Gasteiger partial charge in [0.05, 0.1) is 13.3 Å². The zero-order chi connectivity index (χ0) is 12.7. The number of methoxy groups -OCH3 is 1. The summed E-state index contributed by atoms with van der Waals surface area (Å²) in [5.41, 5.74) is 0.874. The van der Waals surface area contributed by atoms with E-state index in [1.54, 1.807) is 13.3 Å². The second-order valence-corrected chi connectivity index (χ2v) is 5.55. The molecule has 0 aliphatic heterocycles. The van der Waals surface area contributed by atoms with Crippen LogP contribution in [0.2, 0.25) is 0 Å². The molecule has 3 unspecified atom stereocenters. The van der Waals surface area contributed by atoms with Crippen LogP contribution in [0.1, 0.15) is 44.4 Å². The van der Waals surface area contributed by atoms with Crippen LogP contribution < -0.4 is 4.74 Å². The van der Waals surface area contributed by atoms with Crippen molar-refractivity contribution in [1.82, 2.24) is 9.78 Å². The molecule has 0 radical (unpaired) electrons. The first kappa shape index (κ1) is 12.0. The lowest BCUT2D eigenvalue weighted by Crippen LogP contribution is -2.12. The molecule has 4 heteroatoms. The largest absolute Gasteiger partial charge is 0.493 e. The number of fused-ring (bicyclic) bond motifs is 1. The van der Waals surface area contributed by atoms with Crippen molar-refractivity contribution in [2.45, 2.75) is 45.3 Å². The van der Waals surface area contributed by atoms with Gasteiger partial charge in [0, 0.05) is 6.54 Å². The molecule has 0 aromatic carbocycles. The van der Waals surface area contributed by atoms with Gasteiger partial charge in [-0.25, -0.2) is 0 Å². The minimum absolute atomic E-state index is 0.407. The fraction of sp³-hybridized carbons (Fsp3) is 0.786. The Hall–Kier alpha value is -1.03. The summed E-state index contributed by atoms with van der Waals surface area (Å²) in [5.74, 6) is 2.63. The highest BCUT2D eigenvalue weighted by Gasteiger charge is 2.55. The van der Waals surface area contributed by atoms with Crippen molar-refractivity contribution in [3.63, 3.8) is 0 Å². The number of aromatic nitrogens is 2. The van der Waals surface area contributed by atoms with Crippen LogP contribution in [0.25, 0.3) is 0 Å². The van der Waals surface area contributed by atoms with E-state index in [9.17, 15) is 5.11 Å². The Kier molecular flexibility index (Phi) is 3.06. The maximum absolute atomic E-state index is 10.7. The minimum atomic E-state index is -0.407. The van der Waals surface area contributed by atoms with Crippen LogP contribution in [-0.4, -0.2) is 22.0 Å².